The molecule has 1 aliphatic heterocycles. The van der Waals surface area contributed by atoms with Crippen molar-refractivity contribution in [3.63, 3.8) is 0 Å². The molecule has 0 fully saturated rings. The molecule has 0 spiro atoms. The van der Waals surface area contributed by atoms with Gasteiger partial charge in [-0.25, -0.2) is 0 Å². The maximum absolute atomic E-state index is 12.5. The van der Waals surface area contributed by atoms with Crippen LogP contribution in [0.1, 0.15) is 12.5 Å². The van der Waals surface area contributed by atoms with Crippen molar-refractivity contribution in [1.82, 2.24) is 4.90 Å². The van der Waals surface area contributed by atoms with Crippen LogP contribution in [-0.4, -0.2) is 30.7 Å². The molecule has 1 N–H and O–H groups in total. The van der Waals surface area contributed by atoms with Gasteiger partial charge in [-0.3, -0.25) is 9.69 Å². The first-order valence-electron chi connectivity index (χ1n) is 7.79. The van der Waals surface area contributed by atoms with Gasteiger partial charge in [-0.1, -0.05) is 35.3 Å². The summed E-state index contributed by atoms with van der Waals surface area (Å²) in [6.07, 6.45) is 0. The first-order chi connectivity index (χ1) is 12.0. The second-order valence-electron chi connectivity index (χ2n) is 5.87. The quantitative estimate of drug-likeness (QED) is 0.844. The summed E-state index contributed by atoms with van der Waals surface area (Å²) < 4.78 is 10.7. The van der Waals surface area contributed by atoms with Crippen LogP contribution in [0.25, 0.3) is 0 Å². The van der Waals surface area contributed by atoms with Gasteiger partial charge in [0.2, 0.25) is 12.7 Å². The number of nitrogens with one attached hydrogen (secondary N) is 1. The zero-order chi connectivity index (χ0) is 18.0. The molecule has 7 heteroatoms. The average molecular weight is 381 g/mol. The number of likely N-dealkylation sites (N-methyl/N-ethyl adjacent to an activating group) is 1. The molecule has 2 aromatic rings. The summed E-state index contributed by atoms with van der Waals surface area (Å²) in [4.78, 5) is 14.4. The van der Waals surface area contributed by atoms with Gasteiger partial charge in [0.1, 0.15) is 0 Å². The molecule has 0 unspecified atom stereocenters. The Morgan fingerprint density at radius 3 is 2.80 bits per heavy atom. The van der Waals surface area contributed by atoms with Gasteiger partial charge in [-0.05, 0) is 43.8 Å². The molecule has 0 aliphatic carbocycles. The molecule has 132 valence electrons. The third-order valence-electron chi connectivity index (χ3n) is 4.12. The Labute approximate surface area is 156 Å². The lowest BCUT2D eigenvalue weighted by Gasteiger charge is -2.24. The molecule has 0 aromatic heterocycles. The van der Waals surface area contributed by atoms with E-state index in [0.29, 0.717) is 22.3 Å². The van der Waals surface area contributed by atoms with E-state index in [4.69, 9.17) is 32.7 Å². The SMILES string of the molecule is C[C@H](C(=O)Nc1cccc(Cl)c1Cl)N(C)Cc1ccc2c(c1)OCO2. The summed E-state index contributed by atoms with van der Waals surface area (Å²) in [7, 11) is 1.88. The van der Waals surface area contributed by atoms with E-state index in [1.54, 1.807) is 18.2 Å². The third kappa shape index (κ3) is 4.00. The molecule has 1 heterocycles. The van der Waals surface area contributed by atoms with Gasteiger partial charge in [-0.2, -0.15) is 0 Å². The number of anilines is 1. The monoisotopic (exact) mass is 380 g/mol. The zero-order valence-corrected chi connectivity index (χ0v) is 15.4. The summed E-state index contributed by atoms with van der Waals surface area (Å²) in [6.45, 7) is 2.67. The van der Waals surface area contributed by atoms with E-state index in [0.717, 1.165) is 17.1 Å². The van der Waals surface area contributed by atoms with E-state index in [9.17, 15) is 4.79 Å². The van der Waals surface area contributed by atoms with Crippen molar-refractivity contribution in [2.24, 2.45) is 0 Å². The highest BCUT2D eigenvalue weighted by Crippen LogP contribution is 2.33. The molecule has 25 heavy (non-hydrogen) atoms. The van der Waals surface area contributed by atoms with Crippen LogP contribution < -0.4 is 14.8 Å². The van der Waals surface area contributed by atoms with Gasteiger partial charge in [-0.15, -0.1) is 0 Å². The number of halogens is 2. The topological polar surface area (TPSA) is 50.8 Å². The molecular weight excluding hydrogens is 363 g/mol. The van der Waals surface area contributed by atoms with Gasteiger partial charge in [0.05, 0.1) is 21.8 Å². The van der Waals surface area contributed by atoms with E-state index < -0.39 is 0 Å². The van der Waals surface area contributed by atoms with Crippen LogP contribution in [0.4, 0.5) is 5.69 Å². The van der Waals surface area contributed by atoms with Crippen LogP contribution in [0.5, 0.6) is 11.5 Å². The molecule has 0 bridgehead atoms. The number of benzene rings is 2. The van der Waals surface area contributed by atoms with Crippen LogP contribution in [0.15, 0.2) is 36.4 Å². The molecule has 5 nitrogen and oxygen atoms in total. The lowest BCUT2D eigenvalue weighted by molar-refractivity contribution is -0.120. The van der Waals surface area contributed by atoms with Crippen molar-refractivity contribution in [3.05, 3.63) is 52.0 Å². The Kier molecular flexibility index (Phi) is 5.37. The van der Waals surface area contributed by atoms with E-state index >= 15 is 0 Å². The molecule has 0 saturated carbocycles. The highest BCUT2D eigenvalue weighted by atomic mass is 35.5. The van der Waals surface area contributed by atoms with E-state index in [1.165, 1.54) is 0 Å². The Morgan fingerprint density at radius 1 is 1.24 bits per heavy atom. The van der Waals surface area contributed by atoms with E-state index in [-0.39, 0.29) is 18.7 Å². The third-order valence-corrected chi connectivity index (χ3v) is 4.94. The standard InChI is InChI=1S/C18H18Cl2N2O3/c1-11(18(23)21-14-5-3-4-13(19)17(14)20)22(2)9-12-6-7-15-16(8-12)25-10-24-15/h3-8,11H,9-10H2,1-2H3,(H,21,23)/t11-/m1/s1. The number of carbonyl (C=O) groups excluding carboxylic acids is 1. The second kappa shape index (κ2) is 7.52. The smallest absolute Gasteiger partial charge is 0.241 e. The minimum absolute atomic E-state index is 0.160. The maximum atomic E-state index is 12.5. The Balaban J connectivity index is 1.64. The summed E-state index contributed by atoms with van der Waals surface area (Å²) in [5, 5.41) is 3.56. The van der Waals surface area contributed by atoms with Crippen LogP contribution in [0.3, 0.4) is 0 Å². The summed E-state index contributed by atoms with van der Waals surface area (Å²) in [5.74, 6) is 1.31. The van der Waals surface area contributed by atoms with Gasteiger partial charge >= 0.3 is 0 Å². The van der Waals surface area contributed by atoms with Crippen molar-refractivity contribution >= 4 is 34.8 Å². The van der Waals surface area contributed by atoms with Crippen molar-refractivity contribution < 1.29 is 14.3 Å². The van der Waals surface area contributed by atoms with Crippen molar-refractivity contribution in [2.75, 3.05) is 19.2 Å². The molecule has 0 radical (unpaired) electrons. The fourth-order valence-corrected chi connectivity index (χ4v) is 2.85. The van der Waals surface area contributed by atoms with E-state index in [1.807, 2.05) is 37.1 Å². The van der Waals surface area contributed by atoms with Gasteiger partial charge < -0.3 is 14.8 Å². The fraction of sp³-hybridized carbons (Fsp3) is 0.278. The Bertz CT molecular complexity index is 798. The molecule has 1 aliphatic rings. The number of rotatable bonds is 5. The molecular formula is C18H18Cl2N2O3. The lowest BCUT2D eigenvalue weighted by Crippen LogP contribution is -2.39. The Morgan fingerprint density at radius 2 is 2.00 bits per heavy atom. The first-order valence-corrected chi connectivity index (χ1v) is 8.55. The maximum Gasteiger partial charge on any atom is 0.241 e. The minimum atomic E-state index is -0.361. The molecule has 1 atom stereocenters. The molecule has 3 rings (SSSR count). The van der Waals surface area contributed by atoms with Gasteiger partial charge in [0.15, 0.2) is 11.5 Å². The number of ether oxygens (including phenoxy) is 2. The van der Waals surface area contributed by atoms with Crippen LogP contribution in [-0.2, 0) is 11.3 Å². The van der Waals surface area contributed by atoms with Crippen molar-refractivity contribution in [1.29, 1.82) is 0 Å². The highest BCUT2D eigenvalue weighted by Gasteiger charge is 2.21. The zero-order valence-electron chi connectivity index (χ0n) is 13.9. The lowest BCUT2D eigenvalue weighted by atomic mass is 10.1. The van der Waals surface area contributed by atoms with Crippen LogP contribution in [0.2, 0.25) is 10.0 Å². The van der Waals surface area contributed by atoms with Crippen molar-refractivity contribution in [2.45, 2.75) is 19.5 Å². The highest BCUT2D eigenvalue weighted by molar-refractivity contribution is 6.44. The largest absolute Gasteiger partial charge is 0.454 e. The number of fused-ring (bicyclic) bond motifs is 1. The number of nitrogens with zero attached hydrogens (tertiary/aromatic N) is 1. The number of hydrogen-bond donors (Lipinski definition) is 1. The van der Waals surface area contributed by atoms with Gasteiger partial charge in [0.25, 0.3) is 0 Å². The van der Waals surface area contributed by atoms with Crippen molar-refractivity contribution in [3.8, 4) is 11.5 Å². The summed E-state index contributed by atoms with van der Waals surface area (Å²) in [6, 6.07) is 10.5. The van der Waals surface area contributed by atoms with Gasteiger partial charge in [0, 0.05) is 6.54 Å². The first kappa shape index (κ1) is 17.9. The second-order valence-corrected chi connectivity index (χ2v) is 6.65. The predicted molar refractivity (Wildman–Crippen MR) is 98.6 cm³/mol. The van der Waals surface area contributed by atoms with Crippen LogP contribution >= 0.6 is 23.2 Å². The molecule has 2 aromatic carbocycles. The average Bonchev–Trinajstić information content (AvgIpc) is 3.06. The summed E-state index contributed by atoms with van der Waals surface area (Å²) >= 11 is 12.1. The van der Waals surface area contributed by atoms with E-state index in [2.05, 4.69) is 5.32 Å². The fourth-order valence-electron chi connectivity index (χ4n) is 2.50. The molecule has 1 amide bonds. The Hall–Kier alpha value is -1.95. The minimum Gasteiger partial charge on any atom is -0.454 e. The predicted octanol–water partition coefficient (Wildman–Crippen LogP) is 4.18. The summed E-state index contributed by atoms with van der Waals surface area (Å²) in [5.41, 5.74) is 1.54. The molecule has 0 saturated heterocycles. The van der Waals surface area contributed by atoms with Crippen LogP contribution in [0, 0.1) is 0 Å². The number of carbonyl (C=O) groups is 1. The number of hydrogen-bond acceptors (Lipinski definition) is 4. The number of amides is 1. The normalized spacial score (nSPS) is 13.8.